The van der Waals surface area contributed by atoms with Crippen LogP contribution in [0.5, 0.6) is 0 Å². The average molecular weight is 1150 g/mol. The summed E-state index contributed by atoms with van der Waals surface area (Å²) in [5, 5.41) is 25.8. The molecule has 2 aliphatic carbocycles. The first-order chi connectivity index (χ1) is 43.3. The number of aromatic nitrogens is 6. The zero-order valence-electron chi connectivity index (χ0n) is 47.9. The Labute approximate surface area is 511 Å². The highest BCUT2D eigenvalue weighted by Crippen LogP contribution is 2.63. The molecule has 6 heterocycles. The van der Waals surface area contributed by atoms with E-state index < -0.39 is 17.9 Å². The van der Waals surface area contributed by atoms with Crippen molar-refractivity contribution in [3.8, 4) is 45.0 Å². The number of hydrogen-bond donors (Lipinski definition) is 2. The van der Waals surface area contributed by atoms with Gasteiger partial charge in [-0.25, -0.2) is 9.97 Å². The molecular weight excluding hydrogens is 1100 g/mol. The lowest BCUT2D eigenvalue weighted by Crippen LogP contribution is -2.36. The molecular formula is C78H52BClN6O2. The SMILES string of the molecule is Cn1c(-c2ccc3c(c2)C2(c4ccccc4-3)c3ccccc3-n3c4ccccc4c4cccc2c43)nc2ccccc21.Cn1c(Cl)nc2ccccc21.OB(O)c1ccc2c(c1)C1(c3ccccc3-2)c2ccccc2-n2c3ccccc3c3cccc1c32. The van der Waals surface area contributed by atoms with Crippen LogP contribution in [0.25, 0.3) is 111 Å². The van der Waals surface area contributed by atoms with Gasteiger partial charge in [0.2, 0.25) is 5.28 Å². The third-order valence-corrected chi connectivity index (χ3v) is 19.8. The molecule has 416 valence electrons. The Morgan fingerprint density at radius 1 is 0.352 bits per heavy atom. The van der Waals surface area contributed by atoms with Crippen LogP contribution in [0.4, 0.5) is 0 Å². The first-order valence-corrected chi connectivity index (χ1v) is 30.2. The van der Waals surface area contributed by atoms with Crippen LogP contribution < -0.4 is 5.46 Å². The molecule has 20 rings (SSSR count). The predicted octanol–water partition coefficient (Wildman–Crippen LogP) is 16.4. The number of fused-ring (bicyclic) bond motifs is 26. The number of rotatable bonds is 2. The number of imidazole rings is 2. The summed E-state index contributed by atoms with van der Waals surface area (Å²) in [6.07, 6.45) is 0. The molecule has 4 aromatic heterocycles. The van der Waals surface area contributed by atoms with Crippen molar-refractivity contribution < 1.29 is 10.0 Å². The Hall–Kier alpha value is -10.5. The molecule has 0 bridgehead atoms. The topological polar surface area (TPSA) is 86.0 Å². The number of halogens is 1. The zero-order chi connectivity index (χ0) is 58.7. The van der Waals surface area contributed by atoms with E-state index in [0.29, 0.717) is 10.7 Å². The molecule has 2 spiro atoms. The molecule has 10 heteroatoms. The molecule has 16 aromatic rings. The Bertz CT molecular complexity index is 5650. The Balaban J connectivity index is 0.000000114. The van der Waals surface area contributed by atoms with Crippen molar-refractivity contribution in [1.29, 1.82) is 0 Å². The number of aryl methyl sites for hydroxylation is 2. The molecule has 88 heavy (non-hydrogen) atoms. The summed E-state index contributed by atoms with van der Waals surface area (Å²) in [7, 11) is 2.50. The van der Waals surface area contributed by atoms with Crippen molar-refractivity contribution in [3.63, 3.8) is 0 Å². The lowest BCUT2D eigenvalue weighted by molar-refractivity contribution is 0.425. The summed E-state index contributed by atoms with van der Waals surface area (Å²) < 4.78 is 8.98. The minimum atomic E-state index is -1.53. The summed E-state index contributed by atoms with van der Waals surface area (Å²) in [5.41, 5.74) is 27.2. The molecule has 0 saturated heterocycles. The van der Waals surface area contributed by atoms with Crippen LogP contribution >= 0.6 is 11.6 Å². The maximum Gasteiger partial charge on any atom is 0.488 e. The number of nitrogens with zero attached hydrogens (tertiary/aromatic N) is 6. The monoisotopic (exact) mass is 1150 g/mol. The maximum absolute atomic E-state index is 10.1. The highest BCUT2D eigenvalue weighted by Gasteiger charge is 2.53. The zero-order valence-corrected chi connectivity index (χ0v) is 48.7. The fourth-order valence-corrected chi connectivity index (χ4v) is 16.1. The van der Waals surface area contributed by atoms with Crippen molar-refractivity contribution >= 4 is 89.9 Å². The van der Waals surface area contributed by atoms with Gasteiger partial charge < -0.3 is 28.3 Å². The smallest absolute Gasteiger partial charge is 0.423 e. The van der Waals surface area contributed by atoms with Crippen LogP contribution in [0.15, 0.2) is 267 Å². The van der Waals surface area contributed by atoms with Gasteiger partial charge in [-0.2, -0.15) is 0 Å². The minimum absolute atomic E-state index is 0.451. The second-order valence-electron chi connectivity index (χ2n) is 23.6. The van der Waals surface area contributed by atoms with E-state index in [1.807, 2.05) is 54.1 Å². The van der Waals surface area contributed by atoms with Gasteiger partial charge in [0.15, 0.2) is 0 Å². The summed E-state index contributed by atoms with van der Waals surface area (Å²) >= 11 is 5.80. The van der Waals surface area contributed by atoms with Crippen LogP contribution in [0.2, 0.25) is 5.28 Å². The Morgan fingerprint density at radius 2 is 0.761 bits per heavy atom. The Kier molecular flexibility index (Phi) is 10.8. The van der Waals surface area contributed by atoms with E-state index in [1.54, 1.807) is 0 Å². The van der Waals surface area contributed by atoms with Gasteiger partial charge in [-0.1, -0.05) is 212 Å². The van der Waals surface area contributed by atoms with Crippen LogP contribution in [0, 0.1) is 0 Å². The van der Waals surface area contributed by atoms with E-state index in [2.05, 4.69) is 250 Å². The Morgan fingerprint density at radius 3 is 1.30 bits per heavy atom. The molecule has 0 amide bonds. The first kappa shape index (κ1) is 50.7. The van der Waals surface area contributed by atoms with Crippen molar-refractivity contribution in [1.82, 2.24) is 28.2 Å². The van der Waals surface area contributed by atoms with Crippen molar-refractivity contribution in [3.05, 3.63) is 317 Å². The van der Waals surface area contributed by atoms with Crippen LogP contribution in [0.1, 0.15) is 44.5 Å². The van der Waals surface area contributed by atoms with Crippen LogP contribution in [-0.2, 0) is 24.9 Å². The summed E-state index contributed by atoms with van der Waals surface area (Å²) in [4.78, 5) is 9.24. The van der Waals surface area contributed by atoms with Crippen LogP contribution in [-0.4, -0.2) is 45.4 Å². The molecule has 0 radical (unpaired) electrons. The molecule has 2 atom stereocenters. The summed E-state index contributed by atoms with van der Waals surface area (Å²) in [6.45, 7) is 0. The van der Waals surface area contributed by atoms with Crippen LogP contribution in [0.3, 0.4) is 0 Å². The number of para-hydroxylation sites is 10. The maximum atomic E-state index is 10.1. The van der Waals surface area contributed by atoms with E-state index in [-0.39, 0.29) is 0 Å². The lowest BCUT2D eigenvalue weighted by Gasteiger charge is -2.39. The van der Waals surface area contributed by atoms with E-state index in [0.717, 1.165) is 50.3 Å². The largest absolute Gasteiger partial charge is 0.488 e. The third-order valence-electron chi connectivity index (χ3n) is 19.5. The van der Waals surface area contributed by atoms with Gasteiger partial charge in [0.25, 0.3) is 0 Å². The number of hydrogen-bond acceptors (Lipinski definition) is 4. The molecule has 0 saturated carbocycles. The molecule has 8 nitrogen and oxygen atoms in total. The normalized spacial score (nSPS) is 15.9. The summed E-state index contributed by atoms with van der Waals surface area (Å²) in [6, 6.07) is 95.4. The van der Waals surface area contributed by atoms with E-state index in [1.165, 1.54) is 105 Å². The van der Waals surface area contributed by atoms with Gasteiger partial charge in [0, 0.05) is 41.2 Å². The molecule has 2 N–H and O–H groups in total. The number of benzene rings is 12. The van der Waals surface area contributed by atoms with E-state index in [4.69, 9.17) is 16.6 Å². The van der Waals surface area contributed by atoms with Gasteiger partial charge in [0.05, 0.1) is 66.3 Å². The second-order valence-corrected chi connectivity index (χ2v) is 23.9. The molecule has 4 aliphatic rings. The standard InChI is InChI=1S/C39H25N3.C31H20BNO2.C8H7ClN2/c1-41-36-20-9-6-17-33(36)40-38(41)24-21-22-26-25-11-2-4-14-29(25)39(32(26)23-24)30-15-5-8-19-35(30)42-34-18-7-3-12-27(34)28-13-10-16-31(39)37(28)42;34-32(35)19-16-17-21-20-8-1-3-11-24(20)31(27(21)18-19)25-12-4-6-15-29(25)33-28-14-5-2-9-22(28)23-10-7-13-26(31)30(23)33;1-11-7-5-3-2-4-6(7)10-8(11)9/h2-23H,1H3;1-18,34-35H;2-5H,1H3. The second kappa shape index (κ2) is 18.7. The molecule has 12 aromatic carbocycles. The molecule has 2 aliphatic heterocycles. The van der Waals surface area contributed by atoms with Crippen molar-refractivity contribution in [2.24, 2.45) is 14.1 Å². The lowest BCUT2D eigenvalue weighted by atomic mass is 9.64. The predicted molar refractivity (Wildman–Crippen MR) is 359 cm³/mol. The first-order valence-electron chi connectivity index (χ1n) is 29.9. The minimum Gasteiger partial charge on any atom is -0.423 e. The highest BCUT2D eigenvalue weighted by atomic mass is 35.5. The van der Waals surface area contributed by atoms with Gasteiger partial charge in [-0.15, -0.1) is 0 Å². The van der Waals surface area contributed by atoms with Gasteiger partial charge in [-0.3, -0.25) is 0 Å². The van der Waals surface area contributed by atoms with Crippen molar-refractivity contribution in [2.45, 2.75) is 10.8 Å². The third kappa shape index (κ3) is 6.62. The average Bonchev–Trinajstić information content (AvgIpc) is 1.51. The van der Waals surface area contributed by atoms with Crippen molar-refractivity contribution in [2.75, 3.05) is 0 Å². The fraction of sp³-hybridized carbons (Fsp3) is 0.0513. The quantitative estimate of drug-likeness (QED) is 0.169. The molecule has 0 fully saturated rings. The summed E-state index contributed by atoms with van der Waals surface area (Å²) in [5.74, 6) is 0.988. The van der Waals surface area contributed by atoms with E-state index >= 15 is 0 Å². The van der Waals surface area contributed by atoms with E-state index in [9.17, 15) is 10.0 Å². The molecule has 2 unspecified atom stereocenters. The van der Waals surface area contributed by atoms with Gasteiger partial charge >= 0.3 is 7.12 Å². The van der Waals surface area contributed by atoms with Gasteiger partial charge in [-0.05, 0) is 138 Å². The fourth-order valence-electron chi connectivity index (χ4n) is 16.0. The highest BCUT2D eigenvalue weighted by molar-refractivity contribution is 6.58. The van der Waals surface area contributed by atoms with Gasteiger partial charge in [0.1, 0.15) is 5.82 Å².